The van der Waals surface area contributed by atoms with E-state index in [1.165, 1.54) is 23.9 Å². The fourth-order valence-electron chi connectivity index (χ4n) is 3.32. The molecule has 0 aliphatic carbocycles. The van der Waals surface area contributed by atoms with E-state index in [2.05, 4.69) is 14.5 Å². The monoisotopic (exact) mass is 355 g/mol. The first-order valence-electron chi connectivity index (χ1n) is 8.15. The molecule has 7 heteroatoms. The minimum atomic E-state index is -0.261. The summed E-state index contributed by atoms with van der Waals surface area (Å²) in [7, 11) is 0. The van der Waals surface area contributed by atoms with Gasteiger partial charge in [-0.15, -0.1) is 0 Å². The number of halogens is 1. The molecule has 0 saturated heterocycles. The predicted octanol–water partition coefficient (Wildman–Crippen LogP) is 3.31. The van der Waals surface area contributed by atoms with Crippen molar-refractivity contribution >= 4 is 11.8 Å². The van der Waals surface area contributed by atoms with Gasteiger partial charge in [-0.25, -0.2) is 19.3 Å². The average molecular weight is 355 g/mol. The molecule has 0 fully saturated rings. The van der Waals surface area contributed by atoms with Crippen molar-refractivity contribution < 1.29 is 4.39 Å². The fourth-order valence-corrected chi connectivity index (χ4v) is 3.68. The summed E-state index contributed by atoms with van der Waals surface area (Å²) in [6, 6.07) is 8.52. The summed E-state index contributed by atoms with van der Waals surface area (Å²) in [6.07, 6.45) is 5.57. The van der Waals surface area contributed by atoms with Crippen LogP contribution in [0.1, 0.15) is 18.3 Å². The molecule has 2 aromatic heterocycles. The molecule has 25 heavy (non-hydrogen) atoms. The number of imidazole rings is 1. The predicted molar refractivity (Wildman–Crippen MR) is 96.8 cm³/mol. The quantitative estimate of drug-likeness (QED) is 0.574. The lowest BCUT2D eigenvalue weighted by Gasteiger charge is -2.15. The molecule has 4 rings (SSSR count). The molecule has 0 amide bonds. The van der Waals surface area contributed by atoms with Crippen LogP contribution in [-0.4, -0.2) is 32.3 Å². The molecule has 0 bridgehead atoms. The number of fused-ring (bicyclic) bond motifs is 1. The van der Waals surface area contributed by atoms with Gasteiger partial charge in [0.05, 0.1) is 17.1 Å². The first kappa shape index (κ1) is 16.2. The van der Waals surface area contributed by atoms with Gasteiger partial charge in [-0.05, 0) is 43.0 Å². The van der Waals surface area contributed by atoms with Crippen LogP contribution in [0.5, 0.6) is 0 Å². The third-order valence-corrected chi connectivity index (χ3v) is 5.06. The number of nitrogens with two attached hydrogens (primary N) is 1. The van der Waals surface area contributed by atoms with Crippen molar-refractivity contribution in [3.8, 4) is 22.6 Å². The van der Waals surface area contributed by atoms with E-state index in [1.54, 1.807) is 18.3 Å². The van der Waals surface area contributed by atoms with Crippen LogP contribution in [0, 0.1) is 5.82 Å². The number of rotatable bonds is 4. The average Bonchev–Trinajstić information content (AvgIpc) is 3.21. The largest absolute Gasteiger partial charge is 0.328 e. The van der Waals surface area contributed by atoms with E-state index in [-0.39, 0.29) is 11.9 Å². The first-order chi connectivity index (χ1) is 12.2. The molecular formula is C18H18FN5S. The lowest BCUT2D eigenvalue weighted by molar-refractivity contribution is 0.543. The van der Waals surface area contributed by atoms with Crippen LogP contribution < -0.4 is 5.73 Å². The molecule has 1 aromatic carbocycles. The number of thioether (sulfide) groups is 1. The van der Waals surface area contributed by atoms with Gasteiger partial charge in [0.2, 0.25) is 0 Å². The third-order valence-electron chi connectivity index (χ3n) is 4.50. The molecule has 0 spiro atoms. The maximum atomic E-state index is 13.3. The lowest BCUT2D eigenvalue weighted by atomic mass is 10.1. The highest BCUT2D eigenvalue weighted by Crippen LogP contribution is 2.38. The zero-order chi connectivity index (χ0) is 17.4. The maximum absolute atomic E-state index is 13.3. The van der Waals surface area contributed by atoms with E-state index in [1.807, 2.05) is 12.3 Å². The molecule has 1 aliphatic heterocycles. The summed E-state index contributed by atoms with van der Waals surface area (Å²) in [6.45, 7) is 0.555. The molecule has 2 N–H and O–H groups in total. The number of aromatic nitrogens is 4. The molecule has 0 saturated carbocycles. The Morgan fingerprint density at radius 3 is 2.76 bits per heavy atom. The summed E-state index contributed by atoms with van der Waals surface area (Å²) in [5.74, 6) is 0.748. The topological polar surface area (TPSA) is 69.6 Å². The van der Waals surface area contributed by atoms with E-state index in [9.17, 15) is 4.39 Å². The zero-order valence-corrected chi connectivity index (χ0v) is 14.6. The third kappa shape index (κ3) is 2.83. The van der Waals surface area contributed by atoms with Crippen LogP contribution in [0.2, 0.25) is 0 Å². The van der Waals surface area contributed by atoms with Gasteiger partial charge in [0, 0.05) is 30.8 Å². The summed E-state index contributed by atoms with van der Waals surface area (Å²) >= 11 is 1.50. The standard InChI is InChI=1S/C18H18FN5S/c1-25-18-21-9-8-14(22-18)17-16(11-2-4-12(19)5-3-11)23-15-7-6-13(10-20)24(15)17/h2-5,8-9,13H,6-7,10,20H2,1H3. The minimum Gasteiger partial charge on any atom is -0.328 e. The highest BCUT2D eigenvalue weighted by Gasteiger charge is 2.30. The molecule has 1 atom stereocenters. The minimum absolute atomic E-state index is 0.208. The highest BCUT2D eigenvalue weighted by molar-refractivity contribution is 7.98. The van der Waals surface area contributed by atoms with Crippen LogP contribution >= 0.6 is 11.8 Å². The normalized spacial score (nSPS) is 16.2. The molecule has 3 aromatic rings. The Morgan fingerprint density at radius 2 is 2.04 bits per heavy atom. The van der Waals surface area contributed by atoms with E-state index < -0.39 is 0 Å². The van der Waals surface area contributed by atoms with Crippen LogP contribution in [0.3, 0.4) is 0 Å². The number of hydrogen-bond donors (Lipinski definition) is 1. The van der Waals surface area contributed by atoms with Crippen molar-refractivity contribution in [2.45, 2.75) is 24.0 Å². The van der Waals surface area contributed by atoms with E-state index in [0.717, 1.165) is 41.3 Å². The fraction of sp³-hybridized carbons (Fsp3) is 0.278. The van der Waals surface area contributed by atoms with Crippen LogP contribution in [0.25, 0.3) is 22.6 Å². The van der Waals surface area contributed by atoms with Crippen molar-refractivity contribution in [1.82, 2.24) is 19.5 Å². The highest BCUT2D eigenvalue weighted by atomic mass is 32.2. The van der Waals surface area contributed by atoms with E-state index in [0.29, 0.717) is 11.7 Å². The summed E-state index contributed by atoms with van der Waals surface area (Å²) in [4.78, 5) is 13.8. The van der Waals surface area contributed by atoms with Crippen molar-refractivity contribution in [1.29, 1.82) is 0 Å². The Balaban J connectivity index is 1.94. The van der Waals surface area contributed by atoms with E-state index >= 15 is 0 Å². The number of aryl methyl sites for hydroxylation is 1. The molecule has 1 aliphatic rings. The van der Waals surface area contributed by atoms with Crippen LogP contribution in [-0.2, 0) is 6.42 Å². The Morgan fingerprint density at radius 1 is 1.24 bits per heavy atom. The molecular weight excluding hydrogens is 337 g/mol. The van der Waals surface area contributed by atoms with Gasteiger partial charge in [0.15, 0.2) is 5.16 Å². The van der Waals surface area contributed by atoms with Crippen molar-refractivity contribution in [2.24, 2.45) is 5.73 Å². The van der Waals surface area contributed by atoms with Crippen molar-refractivity contribution in [3.63, 3.8) is 0 Å². The van der Waals surface area contributed by atoms with Gasteiger partial charge in [-0.3, -0.25) is 0 Å². The van der Waals surface area contributed by atoms with Crippen molar-refractivity contribution in [2.75, 3.05) is 12.8 Å². The van der Waals surface area contributed by atoms with Crippen LogP contribution in [0.4, 0.5) is 4.39 Å². The molecule has 0 radical (unpaired) electrons. The smallest absolute Gasteiger partial charge is 0.187 e. The van der Waals surface area contributed by atoms with Crippen molar-refractivity contribution in [3.05, 3.63) is 48.2 Å². The van der Waals surface area contributed by atoms with Gasteiger partial charge >= 0.3 is 0 Å². The van der Waals surface area contributed by atoms with Gasteiger partial charge < -0.3 is 10.3 Å². The Kier molecular flexibility index (Phi) is 4.27. The second-order valence-corrected chi connectivity index (χ2v) is 6.73. The van der Waals surface area contributed by atoms with Gasteiger partial charge in [0.25, 0.3) is 0 Å². The Bertz CT molecular complexity index is 906. The number of benzene rings is 1. The van der Waals surface area contributed by atoms with Gasteiger partial charge in [-0.1, -0.05) is 11.8 Å². The lowest BCUT2D eigenvalue weighted by Crippen LogP contribution is -2.16. The first-order valence-corrected chi connectivity index (χ1v) is 9.38. The second kappa shape index (κ2) is 6.57. The number of hydrogen-bond acceptors (Lipinski definition) is 5. The molecule has 5 nitrogen and oxygen atoms in total. The molecule has 1 unspecified atom stereocenters. The zero-order valence-electron chi connectivity index (χ0n) is 13.8. The molecule has 3 heterocycles. The van der Waals surface area contributed by atoms with Gasteiger partial charge in [-0.2, -0.15) is 0 Å². The Hall–Kier alpha value is -2.25. The van der Waals surface area contributed by atoms with Gasteiger partial charge in [0.1, 0.15) is 11.6 Å². The maximum Gasteiger partial charge on any atom is 0.187 e. The van der Waals surface area contributed by atoms with Crippen LogP contribution in [0.15, 0.2) is 41.7 Å². The summed E-state index contributed by atoms with van der Waals surface area (Å²) in [5.41, 5.74) is 9.43. The van der Waals surface area contributed by atoms with E-state index in [4.69, 9.17) is 10.7 Å². The molecule has 128 valence electrons. The second-order valence-electron chi connectivity index (χ2n) is 5.96. The Labute approximate surface area is 149 Å². The summed E-state index contributed by atoms with van der Waals surface area (Å²) in [5, 5.41) is 0.709. The summed E-state index contributed by atoms with van der Waals surface area (Å²) < 4.78 is 15.5. The number of nitrogens with zero attached hydrogens (tertiary/aromatic N) is 4. The SMILES string of the molecule is CSc1nccc(-c2c(-c3ccc(F)cc3)nc3n2C(CN)CC3)n1.